The summed E-state index contributed by atoms with van der Waals surface area (Å²) in [4.78, 5) is 28.8. The number of nitrogens with zero attached hydrogens (tertiary/aromatic N) is 2. The molecule has 0 bridgehead atoms. The first-order valence-electron chi connectivity index (χ1n) is 9.07. The molecule has 0 amide bonds. The summed E-state index contributed by atoms with van der Waals surface area (Å²) < 4.78 is 1.58. The van der Waals surface area contributed by atoms with Crippen molar-refractivity contribution in [3.8, 4) is 0 Å². The fourth-order valence-electron chi connectivity index (χ4n) is 3.40. The zero-order chi connectivity index (χ0) is 19.1. The van der Waals surface area contributed by atoms with Crippen LogP contribution in [0.5, 0.6) is 0 Å². The molecule has 1 atom stereocenters. The number of aryl methyl sites for hydroxylation is 1. The third-order valence-electron chi connectivity index (χ3n) is 4.94. The molecule has 4 rings (SSSR count). The number of pyridine rings is 1. The Hall–Kier alpha value is -3.15. The highest BCUT2D eigenvalue weighted by Crippen LogP contribution is 2.38. The Bertz CT molecular complexity index is 1100. The van der Waals surface area contributed by atoms with Crippen LogP contribution in [-0.2, 0) is 0 Å². The number of carboxylic acid groups (broad SMARTS) is 1. The molecule has 1 aliphatic carbocycles. The molecule has 3 aromatic rings. The van der Waals surface area contributed by atoms with Gasteiger partial charge in [0.2, 0.25) is 0 Å². The summed E-state index contributed by atoms with van der Waals surface area (Å²) in [6.45, 7) is 3.88. The lowest BCUT2D eigenvalue weighted by Crippen LogP contribution is -2.19. The normalized spacial score (nSPS) is 14.9. The maximum Gasteiger partial charge on any atom is 0.337 e. The summed E-state index contributed by atoms with van der Waals surface area (Å²) in [6, 6.07) is 10.2. The number of nitrogens with one attached hydrogen (secondary N) is 1. The second-order valence-electron chi connectivity index (χ2n) is 7.18. The average molecular weight is 363 g/mol. The van der Waals surface area contributed by atoms with Crippen LogP contribution in [0.1, 0.15) is 58.9 Å². The first-order chi connectivity index (χ1) is 12.9. The SMILES string of the molecule is Cc1cc(C(C)Nc2ccccc2C(=O)O)c2nc(C3CC3)cc(=O)n2c1. The van der Waals surface area contributed by atoms with Crippen LogP contribution < -0.4 is 10.9 Å². The highest BCUT2D eigenvalue weighted by Gasteiger charge is 2.26. The molecule has 6 heteroatoms. The highest BCUT2D eigenvalue weighted by atomic mass is 16.4. The molecule has 2 heterocycles. The van der Waals surface area contributed by atoms with Crippen LogP contribution in [0.15, 0.2) is 47.4 Å². The van der Waals surface area contributed by atoms with Crippen LogP contribution in [0.3, 0.4) is 0 Å². The van der Waals surface area contributed by atoms with Crippen LogP contribution in [0.4, 0.5) is 5.69 Å². The van der Waals surface area contributed by atoms with Crippen molar-refractivity contribution in [1.29, 1.82) is 0 Å². The van der Waals surface area contributed by atoms with E-state index in [2.05, 4.69) is 5.32 Å². The van der Waals surface area contributed by atoms with E-state index in [0.717, 1.165) is 29.7 Å². The summed E-state index contributed by atoms with van der Waals surface area (Å²) in [5.74, 6) is -0.599. The molecule has 27 heavy (non-hydrogen) atoms. The summed E-state index contributed by atoms with van der Waals surface area (Å²) in [6.07, 6.45) is 3.94. The Balaban J connectivity index is 1.81. The van der Waals surface area contributed by atoms with Gasteiger partial charge in [-0.15, -0.1) is 0 Å². The lowest BCUT2D eigenvalue weighted by Gasteiger charge is -2.19. The van der Waals surface area contributed by atoms with E-state index >= 15 is 0 Å². The lowest BCUT2D eigenvalue weighted by atomic mass is 10.1. The molecule has 1 unspecified atom stereocenters. The molecule has 0 radical (unpaired) electrons. The van der Waals surface area contributed by atoms with E-state index < -0.39 is 5.97 Å². The van der Waals surface area contributed by atoms with Gasteiger partial charge in [-0.1, -0.05) is 12.1 Å². The number of carbonyl (C=O) groups is 1. The van der Waals surface area contributed by atoms with Crippen LogP contribution in [0.25, 0.3) is 5.65 Å². The molecule has 1 aliphatic rings. The Morgan fingerprint density at radius 3 is 2.74 bits per heavy atom. The van der Waals surface area contributed by atoms with Crippen LogP contribution in [-0.4, -0.2) is 20.5 Å². The second kappa shape index (κ2) is 6.54. The molecule has 2 N–H and O–H groups in total. The summed E-state index contributed by atoms with van der Waals surface area (Å²) in [5, 5.41) is 12.7. The number of aromatic carboxylic acids is 1. The Kier molecular flexibility index (Phi) is 4.18. The zero-order valence-electron chi connectivity index (χ0n) is 15.3. The Morgan fingerprint density at radius 2 is 2.04 bits per heavy atom. The number of benzene rings is 1. The number of fused-ring (bicyclic) bond motifs is 1. The Labute approximate surface area is 156 Å². The molecule has 0 spiro atoms. The number of para-hydroxylation sites is 1. The zero-order valence-corrected chi connectivity index (χ0v) is 15.3. The number of carboxylic acids is 1. The first kappa shape index (κ1) is 17.3. The van der Waals surface area contributed by atoms with Crippen molar-refractivity contribution >= 4 is 17.3 Å². The van der Waals surface area contributed by atoms with Gasteiger partial charge in [0.25, 0.3) is 5.56 Å². The van der Waals surface area contributed by atoms with Crippen LogP contribution >= 0.6 is 0 Å². The molecule has 138 valence electrons. The molecule has 6 nitrogen and oxygen atoms in total. The first-order valence-corrected chi connectivity index (χ1v) is 9.07. The minimum atomic E-state index is -0.982. The average Bonchev–Trinajstić information content (AvgIpc) is 3.47. The minimum absolute atomic E-state index is 0.0787. The molecule has 0 saturated heterocycles. The van der Waals surface area contributed by atoms with Crippen molar-refractivity contribution in [2.45, 2.75) is 38.6 Å². The number of anilines is 1. The molecule has 1 aromatic carbocycles. The molecule has 0 aliphatic heterocycles. The predicted molar refractivity (Wildman–Crippen MR) is 104 cm³/mol. The quantitative estimate of drug-likeness (QED) is 0.721. The number of rotatable bonds is 5. The van der Waals surface area contributed by atoms with E-state index in [0.29, 0.717) is 17.3 Å². The van der Waals surface area contributed by atoms with Gasteiger partial charge in [-0.3, -0.25) is 9.20 Å². The minimum Gasteiger partial charge on any atom is -0.478 e. The third kappa shape index (κ3) is 3.30. The van der Waals surface area contributed by atoms with Crippen molar-refractivity contribution in [1.82, 2.24) is 9.38 Å². The van der Waals surface area contributed by atoms with Crippen molar-refractivity contribution in [3.63, 3.8) is 0 Å². The van der Waals surface area contributed by atoms with Crippen molar-refractivity contribution < 1.29 is 9.90 Å². The Morgan fingerprint density at radius 1 is 1.30 bits per heavy atom. The second-order valence-corrected chi connectivity index (χ2v) is 7.18. The van der Waals surface area contributed by atoms with Crippen LogP contribution in [0.2, 0.25) is 0 Å². The summed E-state index contributed by atoms with van der Waals surface area (Å²) >= 11 is 0. The van der Waals surface area contributed by atoms with Gasteiger partial charge >= 0.3 is 5.97 Å². The molecule has 1 fully saturated rings. The number of hydrogen-bond acceptors (Lipinski definition) is 4. The van der Waals surface area contributed by atoms with Gasteiger partial charge in [-0.25, -0.2) is 9.78 Å². The highest BCUT2D eigenvalue weighted by molar-refractivity contribution is 5.94. The van der Waals surface area contributed by atoms with Gasteiger partial charge < -0.3 is 10.4 Å². The molecular formula is C21H21N3O3. The largest absolute Gasteiger partial charge is 0.478 e. The van der Waals surface area contributed by atoms with Gasteiger partial charge in [0.15, 0.2) is 0 Å². The van der Waals surface area contributed by atoms with Gasteiger partial charge in [0.05, 0.1) is 17.3 Å². The van der Waals surface area contributed by atoms with Crippen molar-refractivity contribution in [3.05, 3.63) is 75.3 Å². The maximum atomic E-state index is 12.6. The van der Waals surface area contributed by atoms with E-state index in [1.54, 1.807) is 40.9 Å². The number of aromatic nitrogens is 2. The topological polar surface area (TPSA) is 83.7 Å². The standard InChI is InChI=1S/C21H21N3O3/c1-12-9-16(13(2)22-17-6-4-3-5-15(17)21(26)27)20-23-18(14-7-8-14)10-19(25)24(20)11-12/h3-6,9-11,13-14,22H,7-8H2,1-2H3,(H,26,27). The van der Waals surface area contributed by atoms with E-state index in [-0.39, 0.29) is 17.2 Å². The number of hydrogen-bond donors (Lipinski definition) is 2. The van der Waals surface area contributed by atoms with E-state index in [1.165, 1.54) is 0 Å². The lowest BCUT2D eigenvalue weighted by molar-refractivity contribution is 0.0698. The summed E-state index contributed by atoms with van der Waals surface area (Å²) in [7, 11) is 0. The van der Waals surface area contributed by atoms with E-state index in [9.17, 15) is 14.7 Å². The molecule has 1 saturated carbocycles. The summed E-state index contributed by atoms with van der Waals surface area (Å²) in [5.41, 5.74) is 3.97. The van der Waals surface area contributed by atoms with Crippen molar-refractivity contribution in [2.75, 3.05) is 5.32 Å². The van der Waals surface area contributed by atoms with Crippen LogP contribution in [0, 0.1) is 6.92 Å². The molecule has 2 aromatic heterocycles. The van der Waals surface area contributed by atoms with E-state index in [1.807, 2.05) is 19.9 Å². The predicted octanol–water partition coefficient (Wildman–Crippen LogP) is 3.75. The smallest absolute Gasteiger partial charge is 0.337 e. The van der Waals surface area contributed by atoms with Gasteiger partial charge in [0, 0.05) is 29.4 Å². The van der Waals surface area contributed by atoms with Gasteiger partial charge in [-0.2, -0.15) is 0 Å². The van der Waals surface area contributed by atoms with Gasteiger partial charge in [-0.05, 0) is 50.5 Å². The fourth-order valence-corrected chi connectivity index (χ4v) is 3.40. The van der Waals surface area contributed by atoms with Crippen molar-refractivity contribution in [2.24, 2.45) is 0 Å². The van der Waals surface area contributed by atoms with Gasteiger partial charge in [0.1, 0.15) is 5.65 Å². The maximum absolute atomic E-state index is 12.6. The van der Waals surface area contributed by atoms with E-state index in [4.69, 9.17) is 4.98 Å². The third-order valence-corrected chi connectivity index (χ3v) is 4.94. The molecular weight excluding hydrogens is 342 g/mol. The monoisotopic (exact) mass is 363 g/mol. The fraction of sp³-hybridized carbons (Fsp3) is 0.286.